The van der Waals surface area contributed by atoms with E-state index in [1.54, 1.807) is 32.6 Å². The molecule has 112 heavy (non-hydrogen) atoms. The molecule has 0 radical (unpaired) electrons. The normalized spacial score (nSPS) is 17.3. The van der Waals surface area contributed by atoms with E-state index in [0.29, 0.717) is 12.8 Å². The van der Waals surface area contributed by atoms with Gasteiger partial charge in [0.25, 0.3) is 0 Å². The van der Waals surface area contributed by atoms with Crippen LogP contribution in [0.4, 0.5) is 0 Å². The Morgan fingerprint density at radius 1 is 0.366 bits per heavy atom. The van der Waals surface area contributed by atoms with Crippen LogP contribution in [0.5, 0.6) is 0 Å². The lowest BCUT2D eigenvalue weighted by Gasteiger charge is -2.36. The fourth-order valence-corrected chi connectivity index (χ4v) is 12.6. The zero-order valence-electron chi connectivity index (χ0n) is 69.6. The number of aliphatic hydroxyl groups is 1. The number of fused-ring (bicyclic) bond motifs is 1. The van der Waals surface area contributed by atoms with Gasteiger partial charge in [-0.05, 0) is 185 Å². The molecule has 0 aromatic heterocycles. The van der Waals surface area contributed by atoms with Gasteiger partial charge in [0, 0.05) is 32.2 Å². The summed E-state index contributed by atoms with van der Waals surface area (Å²) in [7, 11) is 0. The minimum atomic E-state index is -1.94. The third-order valence-electron chi connectivity index (χ3n) is 19.4. The van der Waals surface area contributed by atoms with E-state index in [4.69, 9.17) is 17.2 Å². The molecule has 21 N–H and O–H groups in total. The molecule has 1 saturated carbocycles. The van der Waals surface area contributed by atoms with Crippen LogP contribution < -0.4 is 91.6 Å². The molecule has 1 heterocycles. The number of carbonyl (C=O) groups is 18. The number of rotatable bonds is 44. The summed E-state index contributed by atoms with van der Waals surface area (Å²) >= 11 is 0. The summed E-state index contributed by atoms with van der Waals surface area (Å²) in [5.41, 5.74) is 3.39. The van der Waals surface area contributed by atoms with E-state index in [-0.39, 0.29) is 61.3 Å². The van der Waals surface area contributed by atoms with Crippen molar-refractivity contribution in [2.45, 2.75) is 335 Å². The number of hydrogen-bond donors (Lipinski definition) is 18. The summed E-state index contributed by atoms with van der Waals surface area (Å²) in [6.45, 7) is 31.4. The van der Waals surface area contributed by atoms with Crippen molar-refractivity contribution in [3.8, 4) is 0 Å². The van der Waals surface area contributed by atoms with Crippen molar-refractivity contribution in [3.63, 3.8) is 0 Å². The Labute approximate surface area is 657 Å². The molecule has 1 saturated heterocycles. The van der Waals surface area contributed by atoms with Crippen molar-refractivity contribution >= 4 is 106 Å². The molecule has 2 aliphatic rings. The molecule has 0 unspecified atom stereocenters. The molecular formula is C75H130N18O19. The van der Waals surface area contributed by atoms with Gasteiger partial charge in [0.2, 0.25) is 106 Å². The highest BCUT2D eigenvalue weighted by atomic mass is 16.3. The van der Waals surface area contributed by atoms with E-state index in [1.165, 1.54) is 111 Å². The van der Waals surface area contributed by atoms with Crippen molar-refractivity contribution in [1.29, 1.82) is 0 Å². The number of amides is 18. The summed E-state index contributed by atoms with van der Waals surface area (Å²) < 4.78 is 0. The fraction of sp³-hybridized carbons (Fsp3) is 0.760. The second-order valence-corrected chi connectivity index (χ2v) is 34.7. The lowest BCUT2D eigenvalue weighted by atomic mass is 9.84. The first-order chi connectivity index (χ1) is 51.1. The van der Waals surface area contributed by atoms with Gasteiger partial charge in [0.15, 0.2) is 0 Å². The lowest BCUT2D eigenvalue weighted by molar-refractivity contribution is -0.141. The molecule has 18 amide bonds. The van der Waals surface area contributed by atoms with E-state index in [2.05, 4.69) is 74.4 Å². The molecule has 2 rings (SSSR count). The Bertz CT molecular complexity index is 3480. The molecule has 634 valence electrons. The smallest absolute Gasteiger partial charge is 0.246 e. The molecule has 37 heteroatoms. The number of nitrogens with zero attached hydrogens (tertiary/aromatic N) is 1. The molecule has 37 nitrogen and oxygen atoms in total. The number of nitrogens with one attached hydrogen (secondary N) is 14. The number of carbonyl (C=O) groups excluding carboxylic acids is 18. The predicted octanol–water partition coefficient (Wildman–Crippen LogP) is -2.23. The Hall–Kier alpha value is -9.58. The van der Waals surface area contributed by atoms with Crippen LogP contribution in [0.15, 0.2) is 0 Å². The minimum absolute atomic E-state index is 0.00521. The van der Waals surface area contributed by atoms with Crippen LogP contribution in [0.25, 0.3) is 0 Å². The summed E-state index contributed by atoms with van der Waals surface area (Å²) in [5.74, 6) is -15.3. The maximum Gasteiger partial charge on any atom is 0.246 e. The van der Waals surface area contributed by atoms with Crippen LogP contribution in [0, 0.1) is 23.7 Å². The Morgan fingerprint density at radius 3 is 1.01 bits per heavy atom. The van der Waals surface area contributed by atoms with Crippen molar-refractivity contribution in [3.05, 3.63) is 0 Å². The van der Waals surface area contributed by atoms with E-state index in [0.717, 1.165) is 25.7 Å². The Morgan fingerprint density at radius 2 is 0.661 bits per heavy atom. The summed E-state index contributed by atoms with van der Waals surface area (Å²) in [4.78, 5) is 246. The SMILES string of the molecule is CC(=O)N1[C@H](C(=O)N[C@@H](C)C(=O)NC(C)(C)C(=O)NC(C)(C)C(=O)N[C@@H](CC(C)C)C(=O)NC(C)(C)C(=O)N[C@@H](CCC(N)=O)C(=O)NC(C)(C)C(=O)NC(C)(C)C(=O)NC(C)(C)C(=O)N[C@@H](CCC(N)=O)C(=O)N[C@@H](CC(C)C)C(=O)NC(C)(C)C(=O)N[C@@H](CCC(N)=O)C(=O)N[C@H](CO)CC(C)C)C[C@@H]2CCCC[C@@H]21. The summed E-state index contributed by atoms with van der Waals surface area (Å²) in [5, 5.41) is 45.9. The minimum Gasteiger partial charge on any atom is -0.394 e. The van der Waals surface area contributed by atoms with E-state index < -0.39 is 220 Å². The van der Waals surface area contributed by atoms with Gasteiger partial charge in [-0.1, -0.05) is 54.4 Å². The average Bonchev–Trinajstić information content (AvgIpc) is 1.62. The highest BCUT2D eigenvalue weighted by Crippen LogP contribution is 2.40. The summed E-state index contributed by atoms with van der Waals surface area (Å²) in [6, 6.07) is -9.92. The third-order valence-corrected chi connectivity index (χ3v) is 19.4. The highest BCUT2D eigenvalue weighted by Gasteiger charge is 2.49. The lowest BCUT2D eigenvalue weighted by Crippen LogP contribution is -2.68. The zero-order valence-corrected chi connectivity index (χ0v) is 69.6. The first-order valence-electron chi connectivity index (χ1n) is 38.3. The molecular weight excluding hydrogens is 1460 g/mol. The van der Waals surface area contributed by atoms with Gasteiger partial charge in [0.1, 0.15) is 81.1 Å². The van der Waals surface area contributed by atoms with Crippen molar-refractivity contribution < 1.29 is 91.4 Å². The number of primary amides is 3. The highest BCUT2D eigenvalue weighted by molar-refractivity contribution is 6.03. The van der Waals surface area contributed by atoms with Crippen LogP contribution in [0.2, 0.25) is 0 Å². The van der Waals surface area contributed by atoms with Gasteiger partial charge in [-0.25, -0.2) is 0 Å². The standard InChI is InChI=1S/C75H130N18O19/c1-38(2)33-44(37-94)80-56(100)45(27-30-52(76)96)82-62(106)69(9,10)88-59(103)48(34-39(3)4)81-57(101)46(28-31-53(77)97)83-64(108)71(13,14)91-68(112)75(21,22)92-67(111)74(19,20)87-58(102)47(29-32-54(78)98)84-63(107)70(11,12)89-60(104)49(35-40(5)6)85-65(109)72(15,16)90-66(110)73(17,18)86-55(99)41(7)79-61(105)51-36-43-25-23-24-26-50(43)93(51)42(8)95/h38-41,43-51,94H,23-37H2,1-22H3,(H2,76,96)(H2,77,97)(H2,78,98)(H,79,105)(H,80,100)(H,81,101)(H,82,106)(H,83,108)(H,84,107)(H,85,109)(H,86,99)(H,87,102)(H,88,103)(H,89,104)(H,90,110)(H,91,112)(H,92,111)/t41-,43-,44-,45-,46-,47-,48-,49-,50-,51-/m0/s1. The third kappa shape index (κ3) is 30.8. The first kappa shape index (κ1) is 98.5. The maximum absolute atomic E-state index is 14.2. The predicted molar refractivity (Wildman–Crippen MR) is 412 cm³/mol. The number of nitrogens with two attached hydrogens (primary N) is 3. The van der Waals surface area contributed by atoms with Gasteiger partial charge in [-0.3, -0.25) is 86.3 Å². The van der Waals surface area contributed by atoms with Gasteiger partial charge >= 0.3 is 0 Å². The summed E-state index contributed by atoms with van der Waals surface area (Å²) in [6.07, 6.45) is 2.14. The fourth-order valence-electron chi connectivity index (χ4n) is 12.6. The van der Waals surface area contributed by atoms with E-state index in [9.17, 15) is 91.4 Å². The van der Waals surface area contributed by atoms with Gasteiger partial charge in [-0.2, -0.15) is 0 Å². The average molecular weight is 1590 g/mol. The van der Waals surface area contributed by atoms with Gasteiger partial charge < -0.3 is 102 Å². The van der Waals surface area contributed by atoms with Crippen molar-refractivity contribution in [2.75, 3.05) is 6.61 Å². The Kier molecular flexibility index (Phi) is 36.3. The topological polar surface area (TPSA) is 577 Å². The largest absolute Gasteiger partial charge is 0.394 e. The molecule has 1 aliphatic heterocycles. The monoisotopic (exact) mass is 1590 g/mol. The quantitative estimate of drug-likeness (QED) is 0.0307. The van der Waals surface area contributed by atoms with E-state index >= 15 is 0 Å². The van der Waals surface area contributed by atoms with Gasteiger partial charge in [0.05, 0.1) is 12.6 Å². The van der Waals surface area contributed by atoms with Crippen molar-refractivity contribution in [2.24, 2.45) is 40.9 Å². The first-order valence-corrected chi connectivity index (χ1v) is 38.3. The number of likely N-dealkylation sites (tertiary alicyclic amines) is 1. The van der Waals surface area contributed by atoms with Crippen LogP contribution in [0.1, 0.15) is 242 Å². The van der Waals surface area contributed by atoms with E-state index in [1.807, 2.05) is 13.8 Å². The van der Waals surface area contributed by atoms with Crippen LogP contribution in [-0.4, -0.2) is 216 Å². The van der Waals surface area contributed by atoms with Crippen molar-refractivity contribution in [1.82, 2.24) is 79.3 Å². The number of hydrogen-bond acceptors (Lipinski definition) is 19. The molecule has 0 aromatic rings. The molecule has 10 atom stereocenters. The molecule has 0 spiro atoms. The van der Waals surface area contributed by atoms with Gasteiger partial charge in [-0.15, -0.1) is 0 Å². The zero-order chi connectivity index (χ0) is 86.5. The number of aliphatic hydroxyl groups excluding tert-OH is 1. The molecule has 0 bridgehead atoms. The van der Waals surface area contributed by atoms with Crippen LogP contribution in [0.3, 0.4) is 0 Å². The van der Waals surface area contributed by atoms with Crippen LogP contribution in [-0.2, 0) is 86.3 Å². The van der Waals surface area contributed by atoms with Crippen LogP contribution >= 0.6 is 0 Å². The molecule has 0 aromatic carbocycles. The Balaban J connectivity index is 2.25. The second-order valence-electron chi connectivity index (χ2n) is 34.7. The second kappa shape index (κ2) is 41.3. The molecule has 1 aliphatic carbocycles. The maximum atomic E-state index is 14.2. The molecule has 2 fully saturated rings.